The summed E-state index contributed by atoms with van der Waals surface area (Å²) in [4.78, 5) is 26.0. The second-order valence-corrected chi connectivity index (χ2v) is 8.44. The van der Waals surface area contributed by atoms with E-state index in [1.54, 1.807) is 0 Å². The monoisotopic (exact) mass is 372 g/mol. The van der Waals surface area contributed by atoms with E-state index in [4.69, 9.17) is 9.84 Å². The molecule has 1 amide bonds. The Kier molecular flexibility index (Phi) is 4.84. The first kappa shape index (κ1) is 18.3. The molecule has 2 saturated carbocycles. The van der Waals surface area contributed by atoms with E-state index < -0.39 is 5.97 Å². The van der Waals surface area contributed by atoms with Crippen molar-refractivity contribution in [2.24, 2.45) is 5.92 Å². The molecule has 0 radical (unpaired) electrons. The Bertz CT molecular complexity index is 753. The van der Waals surface area contributed by atoms with E-state index in [0.717, 1.165) is 30.7 Å². The number of carbonyl (C=O) groups excluding carboxylic acids is 1. The molecule has 1 heterocycles. The molecule has 27 heavy (non-hydrogen) atoms. The van der Waals surface area contributed by atoms with Crippen LogP contribution in [0.3, 0.4) is 0 Å². The van der Waals surface area contributed by atoms with Crippen molar-refractivity contribution in [3.63, 3.8) is 0 Å². The van der Waals surface area contributed by atoms with Crippen LogP contribution in [0.2, 0.25) is 0 Å². The fourth-order valence-corrected chi connectivity index (χ4v) is 4.14. The van der Waals surface area contributed by atoms with Crippen molar-refractivity contribution in [2.75, 3.05) is 19.7 Å². The molecule has 0 saturated heterocycles. The normalized spacial score (nSPS) is 26.3. The maximum absolute atomic E-state index is 12.8. The highest BCUT2D eigenvalue weighted by Gasteiger charge is 2.39. The third-order valence-electron chi connectivity index (χ3n) is 6.23. The molecule has 2 fully saturated rings. The predicted octanol–water partition coefficient (Wildman–Crippen LogP) is 2.22. The van der Waals surface area contributed by atoms with Gasteiger partial charge in [0, 0.05) is 24.2 Å². The van der Waals surface area contributed by atoms with E-state index in [9.17, 15) is 9.59 Å². The van der Waals surface area contributed by atoms with Crippen molar-refractivity contribution in [1.29, 1.82) is 0 Å². The Morgan fingerprint density at radius 3 is 2.59 bits per heavy atom. The number of nitrogens with zero attached hydrogens (tertiary/aromatic N) is 1. The summed E-state index contributed by atoms with van der Waals surface area (Å²) in [5.41, 5.74) is 3.32. The van der Waals surface area contributed by atoms with Crippen LogP contribution < -0.4 is 10.1 Å². The Morgan fingerprint density at radius 1 is 1.22 bits per heavy atom. The number of carboxylic acids is 1. The lowest BCUT2D eigenvalue weighted by Crippen LogP contribution is -2.56. The van der Waals surface area contributed by atoms with Crippen molar-refractivity contribution in [3.8, 4) is 5.75 Å². The predicted molar refractivity (Wildman–Crippen MR) is 101 cm³/mol. The van der Waals surface area contributed by atoms with Gasteiger partial charge in [0.25, 0.3) is 0 Å². The topological polar surface area (TPSA) is 78.9 Å². The lowest BCUT2D eigenvalue weighted by Gasteiger charge is -2.43. The van der Waals surface area contributed by atoms with E-state index in [0.29, 0.717) is 12.5 Å². The molecule has 2 N–H and O–H groups in total. The molecule has 1 aromatic rings. The molecule has 0 aromatic heterocycles. The number of carbonyl (C=O) groups is 2. The fraction of sp³-hybridized carbons (Fsp3) is 0.619. The summed E-state index contributed by atoms with van der Waals surface area (Å²) in [6, 6.07) is 4.48. The van der Waals surface area contributed by atoms with Crippen LogP contribution in [0.15, 0.2) is 12.1 Å². The van der Waals surface area contributed by atoms with Gasteiger partial charge in [-0.25, -0.2) is 0 Å². The van der Waals surface area contributed by atoms with E-state index in [-0.39, 0.29) is 30.5 Å². The minimum atomic E-state index is -0.770. The molecule has 6 nitrogen and oxygen atoms in total. The summed E-state index contributed by atoms with van der Waals surface area (Å²) < 4.78 is 5.72. The van der Waals surface area contributed by atoms with Crippen molar-refractivity contribution < 1.29 is 19.4 Å². The highest BCUT2D eigenvalue weighted by atomic mass is 16.5. The summed E-state index contributed by atoms with van der Waals surface area (Å²) in [7, 11) is 0. The first-order chi connectivity index (χ1) is 12.9. The molecule has 146 valence electrons. The summed E-state index contributed by atoms with van der Waals surface area (Å²) in [6.07, 6.45) is 4.09. The summed E-state index contributed by atoms with van der Waals surface area (Å²) in [5.74, 6) is 0.486. The molecule has 6 heteroatoms. The largest absolute Gasteiger partial charge is 0.492 e. The molecule has 4 rings (SSSR count). The van der Waals surface area contributed by atoms with Crippen molar-refractivity contribution in [2.45, 2.75) is 57.5 Å². The molecular weight excluding hydrogens is 344 g/mol. The molecule has 0 bridgehead atoms. The van der Waals surface area contributed by atoms with Crippen LogP contribution in [-0.2, 0) is 9.59 Å². The van der Waals surface area contributed by atoms with Crippen LogP contribution >= 0.6 is 0 Å². The number of hydrogen-bond acceptors (Lipinski definition) is 4. The number of carboxylic acid groups (broad SMARTS) is 1. The number of benzene rings is 1. The summed E-state index contributed by atoms with van der Waals surface area (Å²) in [6.45, 7) is 5.47. The van der Waals surface area contributed by atoms with Gasteiger partial charge in [0.15, 0.2) is 0 Å². The van der Waals surface area contributed by atoms with Gasteiger partial charge in [-0.15, -0.1) is 0 Å². The van der Waals surface area contributed by atoms with Gasteiger partial charge >= 0.3 is 5.97 Å². The molecule has 1 unspecified atom stereocenters. The standard InChI is InChI=1S/C21H28N2O4/c1-12-5-17-18(11-27-19(17)6-13(12)2)21(26)22-15-7-16(8-15)23(10-20(24)25)9-14-3-4-14/h5-6,14-16,18H,3-4,7-11H2,1-2H3,(H,22,26)(H,24,25). The van der Waals surface area contributed by atoms with Crippen LogP contribution in [0, 0.1) is 19.8 Å². The SMILES string of the molecule is Cc1cc2c(cc1C)C(C(=O)NC1CC(N(CC(=O)O)CC3CC3)C1)CO2. The molecular formula is C21H28N2O4. The lowest BCUT2D eigenvalue weighted by atomic mass is 9.84. The number of fused-ring (bicyclic) bond motifs is 1. The van der Waals surface area contributed by atoms with Gasteiger partial charge in [-0.05, 0) is 62.6 Å². The summed E-state index contributed by atoms with van der Waals surface area (Å²) in [5, 5.41) is 12.3. The molecule has 1 aliphatic heterocycles. The van der Waals surface area contributed by atoms with Crippen molar-refractivity contribution >= 4 is 11.9 Å². The Labute approximate surface area is 159 Å². The second-order valence-electron chi connectivity index (χ2n) is 8.44. The minimum Gasteiger partial charge on any atom is -0.492 e. The Hall–Kier alpha value is -2.08. The number of nitrogens with one attached hydrogen (secondary N) is 1. The van der Waals surface area contributed by atoms with Gasteiger partial charge in [-0.2, -0.15) is 0 Å². The third-order valence-corrected chi connectivity index (χ3v) is 6.23. The maximum Gasteiger partial charge on any atom is 0.317 e. The van der Waals surface area contributed by atoms with Gasteiger partial charge in [0.2, 0.25) is 5.91 Å². The number of rotatable bonds is 7. The highest BCUT2D eigenvalue weighted by molar-refractivity contribution is 5.86. The smallest absolute Gasteiger partial charge is 0.317 e. The zero-order valence-electron chi connectivity index (χ0n) is 16.0. The zero-order valence-corrected chi connectivity index (χ0v) is 16.0. The van der Waals surface area contributed by atoms with E-state index in [1.807, 2.05) is 13.0 Å². The Morgan fingerprint density at radius 2 is 1.93 bits per heavy atom. The van der Waals surface area contributed by atoms with Gasteiger partial charge in [-0.3, -0.25) is 14.5 Å². The van der Waals surface area contributed by atoms with E-state index >= 15 is 0 Å². The maximum atomic E-state index is 12.8. The number of ether oxygens (including phenoxy) is 1. The van der Waals surface area contributed by atoms with Crippen molar-refractivity contribution in [1.82, 2.24) is 10.2 Å². The second kappa shape index (κ2) is 7.15. The first-order valence-corrected chi connectivity index (χ1v) is 9.91. The summed E-state index contributed by atoms with van der Waals surface area (Å²) >= 11 is 0. The van der Waals surface area contributed by atoms with E-state index in [1.165, 1.54) is 24.0 Å². The first-order valence-electron chi connectivity index (χ1n) is 9.91. The zero-order chi connectivity index (χ0) is 19.1. The van der Waals surface area contributed by atoms with Gasteiger partial charge < -0.3 is 15.2 Å². The number of hydrogen-bond donors (Lipinski definition) is 2. The van der Waals surface area contributed by atoms with Crippen LogP contribution in [0.25, 0.3) is 0 Å². The van der Waals surface area contributed by atoms with Crippen LogP contribution in [0.1, 0.15) is 48.3 Å². The molecule has 0 spiro atoms. The van der Waals surface area contributed by atoms with Crippen LogP contribution in [-0.4, -0.2) is 53.7 Å². The highest BCUT2D eigenvalue weighted by Crippen LogP contribution is 2.37. The van der Waals surface area contributed by atoms with Gasteiger partial charge in [0.05, 0.1) is 6.54 Å². The van der Waals surface area contributed by atoms with Gasteiger partial charge in [0.1, 0.15) is 18.3 Å². The van der Waals surface area contributed by atoms with Crippen molar-refractivity contribution in [3.05, 3.63) is 28.8 Å². The van der Waals surface area contributed by atoms with Gasteiger partial charge in [-0.1, -0.05) is 6.07 Å². The molecule has 1 atom stereocenters. The third kappa shape index (κ3) is 3.95. The number of aryl methyl sites for hydroxylation is 2. The van der Waals surface area contributed by atoms with E-state index in [2.05, 4.69) is 23.2 Å². The quantitative estimate of drug-likeness (QED) is 0.767. The Balaban J connectivity index is 1.32. The average Bonchev–Trinajstić information content (AvgIpc) is 3.29. The molecule has 1 aromatic carbocycles. The minimum absolute atomic E-state index is 0.0208. The van der Waals surface area contributed by atoms with Crippen LogP contribution in [0.4, 0.5) is 0 Å². The molecule has 2 aliphatic carbocycles. The number of aliphatic carboxylic acids is 1. The molecule has 3 aliphatic rings. The number of amides is 1. The van der Waals surface area contributed by atoms with Crippen LogP contribution in [0.5, 0.6) is 5.75 Å². The lowest BCUT2D eigenvalue weighted by molar-refractivity contribution is -0.140. The average molecular weight is 372 g/mol. The fourth-order valence-electron chi connectivity index (χ4n) is 4.14.